The molecule has 1 aliphatic carbocycles. The fourth-order valence-electron chi connectivity index (χ4n) is 5.51. The lowest BCUT2D eigenvalue weighted by atomic mass is 9.85. The predicted octanol–water partition coefficient (Wildman–Crippen LogP) is 1.97. The second-order valence-corrected chi connectivity index (χ2v) is 10.1. The van der Waals surface area contributed by atoms with Crippen LogP contribution in [0.25, 0.3) is 0 Å². The molecule has 0 radical (unpaired) electrons. The molecule has 218 valence electrons. The molecule has 40 heavy (non-hydrogen) atoms. The maximum atomic E-state index is 11.4. The molecule has 0 unspecified atom stereocenters. The number of nitrogens with zero attached hydrogens (tertiary/aromatic N) is 2. The Morgan fingerprint density at radius 2 is 1.77 bits per heavy atom. The normalized spacial score (nSPS) is 22.1. The molecule has 2 aliphatic rings. The molecule has 2 aromatic rings. The van der Waals surface area contributed by atoms with Crippen LogP contribution in [0.5, 0.6) is 11.5 Å². The number of pyridine rings is 1. The first-order chi connectivity index (χ1) is 18.9. The van der Waals surface area contributed by atoms with Gasteiger partial charge >= 0.3 is 17.9 Å². The van der Waals surface area contributed by atoms with Crippen LogP contribution >= 0.6 is 0 Å². The standard InChI is InChI=1S/C22H28N2O3.C6H8O7/c1-3-27-20-12-16(7-8-19(20)26-2)13-24-14-17-9-10-22(25,18(17)15-24)21-6-4-5-11-23-21;7-3(8)1-6(13,5(11)12)2-4(9)10/h4-8,11-12,17-18,25H,3,9-10,13-15H2,1-2H3;13H,1-2H2,(H,7,8)(H,9,10)(H,11,12)/t17-,18+,22-;/m0./s1. The van der Waals surface area contributed by atoms with Crippen molar-refractivity contribution in [3.8, 4) is 11.5 Å². The number of carboxylic acids is 3. The lowest BCUT2D eigenvalue weighted by molar-refractivity contribution is -0.170. The topological polar surface area (TPSA) is 187 Å². The molecule has 4 rings (SSSR count). The minimum atomic E-state index is -2.74. The van der Waals surface area contributed by atoms with Gasteiger partial charge in [0, 0.05) is 31.7 Å². The van der Waals surface area contributed by atoms with Crippen molar-refractivity contribution in [2.45, 2.75) is 50.4 Å². The third kappa shape index (κ3) is 7.26. The predicted molar refractivity (Wildman–Crippen MR) is 141 cm³/mol. The summed E-state index contributed by atoms with van der Waals surface area (Å²) < 4.78 is 11.1. The highest BCUT2D eigenvalue weighted by Crippen LogP contribution is 2.50. The van der Waals surface area contributed by atoms with Gasteiger partial charge < -0.3 is 35.0 Å². The molecule has 12 nitrogen and oxygen atoms in total. The van der Waals surface area contributed by atoms with Crippen LogP contribution in [-0.4, -0.2) is 85.7 Å². The number of aliphatic hydroxyl groups is 2. The van der Waals surface area contributed by atoms with Crippen molar-refractivity contribution in [1.29, 1.82) is 0 Å². The molecular formula is C28H36N2O10. The monoisotopic (exact) mass is 560 g/mol. The molecule has 1 saturated carbocycles. The van der Waals surface area contributed by atoms with Gasteiger partial charge in [-0.3, -0.25) is 19.5 Å². The number of hydrogen-bond donors (Lipinski definition) is 5. The number of aromatic nitrogens is 1. The Hall–Kier alpha value is -3.74. The average molecular weight is 561 g/mol. The molecule has 0 spiro atoms. The van der Waals surface area contributed by atoms with Crippen LogP contribution in [0.3, 0.4) is 0 Å². The van der Waals surface area contributed by atoms with Crippen molar-refractivity contribution in [3.63, 3.8) is 0 Å². The highest BCUT2D eigenvalue weighted by Gasteiger charge is 2.53. The number of hydrogen-bond acceptors (Lipinski definition) is 9. The van der Waals surface area contributed by atoms with Crippen LogP contribution in [0, 0.1) is 11.8 Å². The van der Waals surface area contributed by atoms with Crippen LogP contribution in [0.15, 0.2) is 42.6 Å². The van der Waals surface area contributed by atoms with E-state index < -0.39 is 42.0 Å². The second-order valence-electron chi connectivity index (χ2n) is 10.1. The number of benzene rings is 1. The number of carboxylic acid groups (broad SMARTS) is 3. The summed E-state index contributed by atoms with van der Waals surface area (Å²) in [4.78, 5) is 37.4. The average Bonchev–Trinajstić information content (AvgIpc) is 3.44. The Balaban J connectivity index is 0.000000289. The van der Waals surface area contributed by atoms with Crippen LogP contribution in [0.2, 0.25) is 0 Å². The zero-order valence-corrected chi connectivity index (χ0v) is 22.5. The molecule has 1 saturated heterocycles. The zero-order chi connectivity index (χ0) is 29.5. The Morgan fingerprint density at radius 1 is 1.07 bits per heavy atom. The zero-order valence-electron chi connectivity index (χ0n) is 22.5. The molecule has 0 amide bonds. The van der Waals surface area contributed by atoms with Gasteiger partial charge in [0.15, 0.2) is 17.1 Å². The maximum Gasteiger partial charge on any atom is 0.336 e. The first-order valence-electron chi connectivity index (χ1n) is 13.0. The Bertz CT molecular complexity index is 1170. The SMILES string of the molecule is CCOc1cc(CN2C[C@@H]3CC[C@@](O)(c4ccccn4)[C@@H]3C2)ccc1OC.O=C(O)CC(O)(CC(=O)O)C(=O)O. The molecular weight excluding hydrogens is 524 g/mol. The molecule has 2 fully saturated rings. The summed E-state index contributed by atoms with van der Waals surface area (Å²) in [6, 6.07) is 12.0. The number of ether oxygens (including phenoxy) is 2. The summed E-state index contributed by atoms with van der Waals surface area (Å²) in [7, 11) is 1.66. The van der Waals surface area contributed by atoms with E-state index in [1.807, 2.05) is 31.2 Å². The summed E-state index contributed by atoms with van der Waals surface area (Å²) in [5.74, 6) is -2.68. The number of aliphatic carboxylic acids is 3. The van der Waals surface area contributed by atoms with Gasteiger partial charge in [0.1, 0.15) is 5.60 Å². The summed E-state index contributed by atoms with van der Waals surface area (Å²) in [6.45, 7) is 5.37. The van der Waals surface area contributed by atoms with Crippen molar-refractivity contribution < 1.29 is 49.4 Å². The first-order valence-corrected chi connectivity index (χ1v) is 13.0. The summed E-state index contributed by atoms with van der Waals surface area (Å²) in [5, 5.41) is 45.2. The summed E-state index contributed by atoms with van der Waals surface area (Å²) >= 11 is 0. The molecule has 0 bridgehead atoms. The van der Waals surface area contributed by atoms with Crippen molar-refractivity contribution >= 4 is 17.9 Å². The summed E-state index contributed by atoms with van der Waals surface area (Å²) in [6.07, 6.45) is 1.36. The van der Waals surface area contributed by atoms with E-state index in [1.54, 1.807) is 13.3 Å². The molecule has 2 heterocycles. The fourth-order valence-corrected chi connectivity index (χ4v) is 5.51. The van der Waals surface area contributed by atoms with Gasteiger partial charge in [0.2, 0.25) is 0 Å². The third-order valence-corrected chi connectivity index (χ3v) is 7.35. The maximum absolute atomic E-state index is 11.4. The van der Waals surface area contributed by atoms with Crippen LogP contribution in [0.4, 0.5) is 0 Å². The van der Waals surface area contributed by atoms with E-state index in [0.717, 1.165) is 49.7 Å². The molecule has 12 heteroatoms. The highest BCUT2D eigenvalue weighted by atomic mass is 16.5. The number of carbonyl (C=O) groups is 3. The Morgan fingerprint density at radius 3 is 2.33 bits per heavy atom. The molecule has 1 aromatic carbocycles. The number of fused-ring (bicyclic) bond motifs is 1. The quantitative estimate of drug-likeness (QED) is 0.269. The molecule has 1 aromatic heterocycles. The number of likely N-dealkylation sites (tertiary alicyclic amines) is 1. The largest absolute Gasteiger partial charge is 0.493 e. The van der Waals surface area contributed by atoms with Crippen molar-refractivity contribution in [1.82, 2.24) is 9.88 Å². The Kier molecular flexibility index (Phi) is 10.1. The van der Waals surface area contributed by atoms with Crippen LogP contribution in [0.1, 0.15) is 43.9 Å². The lowest BCUT2D eigenvalue weighted by Crippen LogP contribution is -2.42. The van der Waals surface area contributed by atoms with Gasteiger partial charge in [0.25, 0.3) is 0 Å². The van der Waals surface area contributed by atoms with E-state index >= 15 is 0 Å². The minimum absolute atomic E-state index is 0.247. The molecule has 3 atom stereocenters. The first kappa shape index (κ1) is 30.8. The molecule has 1 aliphatic heterocycles. The third-order valence-electron chi connectivity index (χ3n) is 7.35. The minimum Gasteiger partial charge on any atom is -0.493 e. The van der Waals surface area contributed by atoms with Gasteiger partial charge in [-0.1, -0.05) is 12.1 Å². The van der Waals surface area contributed by atoms with Crippen molar-refractivity contribution in [2.75, 3.05) is 26.8 Å². The van der Waals surface area contributed by atoms with Gasteiger partial charge in [-0.15, -0.1) is 0 Å². The van der Waals surface area contributed by atoms with Crippen LogP contribution in [-0.2, 0) is 26.5 Å². The van der Waals surface area contributed by atoms with Gasteiger partial charge in [-0.05, 0) is 55.5 Å². The number of rotatable bonds is 11. The Labute approximate surface area is 231 Å². The lowest BCUT2D eigenvalue weighted by Gasteiger charge is -2.29. The van der Waals surface area contributed by atoms with E-state index in [9.17, 15) is 19.5 Å². The van der Waals surface area contributed by atoms with Crippen LogP contribution < -0.4 is 9.47 Å². The van der Waals surface area contributed by atoms with Crippen molar-refractivity contribution in [3.05, 3.63) is 53.9 Å². The van der Waals surface area contributed by atoms with Gasteiger partial charge in [0.05, 0.1) is 32.3 Å². The van der Waals surface area contributed by atoms with E-state index in [0.29, 0.717) is 12.5 Å². The van der Waals surface area contributed by atoms with Gasteiger partial charge in [-0.2, -0.15) is 0 Å². The van der Waals surface area contributed by atoms with E-state index in [1.165, 1.54) is 5.56 Å². The smallest absolute Gasteiger partial charge is 0.336 e. The number of methoxy groups -OCH3 is 1. The molecule has 5 N–H and O–H groups in total. The highest BCUT2D eigenvalue weighted by molar-refractivity contribution is 5.88. The second kappa shape index (κ2) is 13.1. The fraction of sp³-hybridized carbons (Fsp3) is 0.500. The van der Waals surface area contributed by atoms with Crippen molar-refractivity contribution in [2.24, 2.45) is 11.8 Å². The van der Waals surface area contributed by atoms with Gasteiger partial charge in [-0.25, -0.2) is 4.79 Å². The van der Waals surface area contributed by atoms with E-state index in [-0.39, 0.29) is 5.92 Å². The van der Waals surface area contributed by atoms with E-state index in [4.69, 9.17) is 29.9 Å². The summed E-state index contributed by atoms with van der Waals surface area (Å²) in [5.41, 5.74) is -1.50. The van der Waals surface area contributed by atoms with E-state index in [2.05, 4.69) is 22.0 Å².